The van der Waals surface area contributed by atoms with E-state index < -0.39 is 0 Å². The summed E-state index contributed by atoms with van der Waals surface area (Å²) in [5.41, 5.74) is 12.6. The molecule has 2 aromatic heterocycles. The number of nitrogens with zero attached hydrogens (tertiary/aromatic N) is 13. The van der Waals surface area contributed by atoms with E-state index in [0.29, 0.717) is 133 Å². The first-order valence-corrected chi connectivity index (χ1v) is 25.6. The third-order valence-corrected chi connectivity index (χ3v) is 15.1. The first-order chi connectivity index (χ1) is 41.1. The van der Waals surface area contributed by atoms with E-state index in [9.17, 15) is 57.9 Å². The van der Waals surface area contributed by atoms with Gasteiger partial charge in [-0.15, -0.1) is 0 Å². The monoisotopic (exact) mass is 1060 g/mol. The van der Waals surface area contributed by atoms with Gasteiger partial charge in [0.05, 0.1) is 155 Å². The van der Waals surface area contributed by atoms with Crippen LogP contribution in [0.5, 0.6) is 0 Å². The van der Waals surface area contributed by atoms with Crippen molar-refractivity contribution in [1.82, 2.24) is 9.13 Å². The van der Waals surface area contributed by atoms with E-state index in [1.54, 1.807) is 66.7 Å². The highest BCUT2D eigenvalue weighted by Crippen LogP contribution is 2.45. The lowest BCUT2D eigenvalue weighted by Gasteiger charge is -2.19. The molecular weight excluding hydrogens is 1030 g/mol. The molecule has 0 atom stereocenters. The van der Waals surface area contributed by atoms with Gasteiger partial charge in [0.25, 0.3) is 0 Å². The van der Waals surface area contributed by atoms with Gasteiger partial charge in [0, 0.05) is 27.1 Å². The van der Waals surface area contributed by atoms with Gasteiger partial charge < -0.3 is 9.13 Å². The zero-order chi connectivity index (χ0) is 58.3. The second-order valence-corrected chi connectivity index (χ2v) is 19.6. The van der Waals surface area contributed by atoms with E-state index in [1.807, 2.05) is 88.0 Å². The minimum absolute atomic E-state index is 0.208. The summed E-state index contributed by atoms with van der Waals surface area (Å²) < 4.78 is 3.95. The quantitative estimate of drug-likeness (QED) is 0.145. The van der Waals surface area contributed by atoms with Gasteiger partial charge in [-0.25, -0.2) is 0 Å². The van der Waals surface area contributed by atoms with Crippen LogP contribution in [0.1, 0.15) is 61.2 Å². The molecule has 12 aromatic rings. The number of nitriles is 11. The summed E-state index contributed by atoms with van der Waals surface area (Å²) in [7, 11) is 0. The molecule has 13 nitrogen and oxygen atoms in total. The van der Waals surface area contributed by atoms with Crippen LogP contribution in [0.3, 0.4) is 0 Å². The van der Waals surface area contributed by atoms with E-state index in [4.69, 9.17) is 0 Å². The van der Waals surface area contributed by atoms with E-state index in [1.165, 1.54) is 30.3 Å². The minimum atomic E-state index is 0.208. The molecule has 13 heteroatoms. The minimum Gasteiger partial charge on any atom is -0.309 e. The van der Waals surface area contributed by atoms with Gasteiger partial charge in [0.15, 0.2) is 0 Å². The maximum absolute atomic E-state index is 11.6. The standard InChI is InChI=1S/C71H29N13/c72-30-41-1-9-57(52(18-41)36-78)47-5-13-66-62(24-47)63-25-48(58-10-2-42(31-73)19-53(58)37-79)6-14-67(63)83(66)70-29-61(51-22-45(34-76)17-46(23-51)35-77)71(28-56(70)40-82)84-68-15-7-49(59-11-3-43(32-74)20-54(59)38-80)26-64(68)65-27-50(8-16-69(65)84)60-12-4-44(33-75)21-55(60)39-81/h1-29H. The Morgan fingerprint density at radius 3 is 0.786 bits per heavy atom. The Morgan fingerprint density at radius 1 is 0.202 bits per heavy atom. The van der Waals surface area contributed by atoms with Crippen molar-refractivity contribution in [1.29, 1.82) is 57.9 Å². The first-order valence-electron chi connectivity index (χ1n) is 25.6. The van der Waals surface area contributed by atoms with Crippen LogP contribution in [0.4, 0.5) is 0 Å². The van der Waals surface area contributed by atoms with E-state index in [0.717, 1.165) is 0 Å². The van der Waals surface area contributed by atoms with Crippen molar-refractivity contribution in [3.8, 4) is 134 Å². The molecular formula is C71H29N13. The van der Waals surface area contributed by atoms with Crippen molar-refractivity contribution in [2.45, 2.75) is 0 Å². The second kappa shape index (κ2) is 20.5. The molecule has 0 aliphatic carbocycles. The molecule has 0 amide bonds. The van der Waals surface area contributed by atoms with E-state index in [2.05, 4.69) is 66.8 Å². The molecule has 2 heterocycles. The highest BCUT2D eigenvalue weighted by atomic mass is 15.0. The lowest BCUT2D eigenvalue weighted by Crippen LogP contribution is -2.04. The van der Waals surface area contributed by atoms with Gasteiger partial charge in [-0.3, -0.25) is 0 Å². The molecule has 0 saturated carbocycles. The maximum Gasteiger partial charge on any atom is 0.101 e. The molecule has 0 aliphatic heterocycles. The Morgan fingerprint density at radius 2 is 0.500 bits per heavy atom. The van der Waals surface area contributed by atoms with Crippen LogP contribution in [-0.2, 0) is 0 Å². The first kappa shape index (κ1) is 51.0. The Kier molecular flexibility index (Phi) is 12.5. The Hall–Kier alpha value is -13.8. The van der Waals surface area contributed by atoms with Crippen molar-refractivity contribution in [2.24, 2.45) is 0 Å². The maximum atomic E-state index is 11.6. The van der Waals surface area contributed by atoms with Crippen molar-refractivity contribution in [2.75, 3.05) is 0 Å². The van der Waals surface area contributed by atoms with Crippen LogP contribution < -0.4 is 0 Å². The summed E-state index contributed by atoms with van der Waals surface area (Å²) in [6.45, 7) is 0. The fourth-order valence-electron chi connectivity index (χ4n) is 11.2. The van der Waals surface area contributed by atoms with Crippen molar-refractivity contribution in [3.63, 3.8) is 0 Å². The molecule has 0 unspecified atom stereocenters. The average molecular weight is 1060 g/mol. The summed E-state index contributed by atoms with van der Waals surface area (Å²) in [4.78, 5) is 0. The summed E-state index contributed by atoms with van der Waals surface area (Å²) in [6, 6.07) is 75.2. The van der Waals surface area contributed by atoms with Crippen molar-refractivity contribution in [3.05, 3.63) is 237 Å². The van der Waals surface area contributed by atoms with Gasteiger partial charge in [0.2, 0.25) is 0 Å². The number of rotatable bonds is 7. The Bertz CT molecular complexity index is 5180. The molecule has 0 aliphatic rings. The van der Waals surface area contributed by atoms with Gasteiger partial charge in [-0.2, -0.15) is 57.9 Å². The van der Waals surface area contributed by atoms with Crippen LogP contribution in [0, 0.1) is 125 Å². The number of fused-ring (bicyclic) bond motifs is 6. The van der Waals surface area contributed by atoms with Crippen LogP contribution in [0.2, 0.25) is 0 Å². The van der Waals surface area contributed by atoms with E-state index in [-0.39, 0.29) is 38.9 Å². The molecule has 0 bridgehead atoms. The van der Waals surface area contributed by atoms with Gasteiger partial charge in [0.1, 0.15) is 6.07 Å². The van der Waals surface area contributed by atoms with Gasteiger partial charge >= 0.3 is 0 Å². The van der Waals surface area contributed by atoms with Crippen molar-refractivity contribution >= 4 is 43.6 Å². The largest absolute Gasteiger partial charge is 0.309 e. The Labute approximate surface area is 479 Å². The zero-order valence-electron chi connectivity index (χ0n) is 43.6. The molecule has 378 valence electrons. The smallest absolute Gasteiger partial charge is 0.101 e. The molecule has 0 radical (unpaired) electrons. The SMILES string of the molecule is N#Cc1cc(C#N)cc(-c2cc(-n3c4ccc(-c5ccc(C#N)cc5C#N)cc4c4cc(-c5ccc(C#N)cc5C#N)ccc43)c(C#N)cc2-n2c3ccc(-c4ccc(C#N)cc4C#N)cc3c3cc(-c4ccc(C#N)cc4C#N)ccc32)c1. The summed E-state index contributed by atoms with van der Waals surface area (Å²) >= 11 is 0. The van der Waals surface area contributed by atoms with Gasteiger partial charge in [-0.1, -0.05) is 48.5 Å². The molecule has 84 heavy (non-hydrogen) atoms. The second-order valence-electron chi connectivity index (χ2n) is 19.6. The number of hydrogen-bond acceptors (Lipinski definition) is 11. The number of aromatic nitrogens is 2. The summed E-state index contributed by atoms with van der Waals surface area (Å²) in [6.07, 6.45) is 0. The number of hydrogen-bond donors (Lipinski definition) is 0. The highest BCUT2D eigenvalue weighted by Gasteiger charge is 2.25. The van der Waals surface area contributed by atoms with Crippen LogP contribution in [0.25, 0.3) is 111 Å². The van der Waals surface area contributed by atoms with Crippen LogP contribution in [0.15, 0.2) is 176 Å². The Balaban J connectivity index is 1.18. The predicted octanol–water partition coefficient (Wildman–Crippen LogP) is 14.8. The van der Waals surface area contributed by atoms with Crippen molar-refractivity contribution < 1.29 is 0 Å². The normalized spacial score (nSPS) is 10.5. The van der Waals surface area contributed by atoms with Crippen LogP contribution in [-0.4, -0.2) is 9.13 Å². The summed E-state index contributed by atoms with van der Waals surface area (Å²) in [5.74, 6) is 0. The third kappa shape index (κ3) is 8.33. The molecule has 10 aromatic carbocycles. The third-order valence-electron chi connectivity index (χ3n) is 15.1. The predicted molar refractivity (Wildman–Crippen MR) is 314 cm³/mol. The van der Waals surface area contributed by atoms with E-state index >= 15 is 0 Å². The highest BCUT2D eigenvalue weighted by molar-refractivity contribution is 6.14. The lowest BCUT2D eigenvalue weighted by atomic mass is 9.95. The molecule has 0 saturated heterocycles. The molecule has 0 N–H and O–H groups in total. The van der Waals surface area contributed by atoms with Crippen LogP contribution >= 0.6 is 0 Å². The summed E-state index contributed by atoms with van der Waals surface area (Å²) in [5, 5.41) is 115. The zero-order valence-corrected chi connectivity index (χ0v) is 43.6. The lowest BCUT2D eigenvalue weighted by molar-refractivity contribution is 1.14. The molecule has 12 rings (SSSR count). The van der Waals surface area contributed by atoms with Gasteiger partial charge in [-0.05, 0) is 177 Å². The topological polar surface area (TPSA) is 272 Å². The fraction of sp³-hybridized carbons (Fsp3) is 0. The average Bonchev–Trinajstić information content (AvgIpc) is 1.81. The molecule has 0 spiro atoms. The number of benzene rings is 10. The fourth-order valence-corrected chi connectivity index (χ4v) is 11.2. The molecule has 0 fully saturated rings.